The summed E-state index contributed by atoms with van der Waals surface area (Å²) in [6.07, 6.45) is 0.845. The topological polar surface area (TPSA) is 35.5 Å². The zero-order valence-electron chi connectivity index (χ0n) is 14.1. The highest BCUT2D eigenvalue weighted by molar-refractivity contribution is 9.10. The highest BCUT2D eigenvalue weighted by Crippen LogP contribution is 2.22. The van der Waals surface area contributed by atoms with Gasteiger partial charge in [-0.2, -0.15) is 0 Å². The molecule has 0 fully saturated rings. The Morgan fingerprint density at radius 1 is 0.680 bits per heavy atom. The molecule has 3 rings (SSSR count). The van der Waals surface area contributed by atoms with Crippen molar-refractivity contribution in [3.63, 3.8) is 0 Å². The fourth-order valence-corrected chi connectivity index (χ4v) is 2.37. The molecule has 0 aliphatic carbocycles. The van der Waals surface area contributed by atoms with Crippen LogP contribution in [0.2, 0.25) is 0 Å². The Morgan fingerprint density at radius 3 is 1.48 bits per heavy atom. The fraction of sp³-hybridized carbons (Fsp3) is 0.0952. The molecule has 3 nitrogen and oxygen atoms in total. The molecule has 0 heterocycles. The highest BCUT2D eigenvalue weighted by Gasteiger charge is 1.98. The first-order chi connectivity index (χ1) is 12.2. The van der Waals surface area contributed by atoms with Gasteiger partial charge in [0.05, 0.1) is 14.2 Å². The summed E-state index contributed by atoms with van der Waals surface area (Å²) in [7, 11) is 3.30. The van der Waals surface area contributed by atoms with Crippen LogP contribution >= 0.6 is 15.9 Å². The van der Waals surface area contributed by atoms with E-state index < -0.39 is 0 Å². The lowest BCUT2D eigenvalue weighted by Gasteiger charge is -2.03. The Kier molecular flexibility index (Phi) is 7.23. The molecule has 0 unspecified atom stereocenters. The third-order valence-corrected chi connectivity index (χ3v) is 4.05. The van der Waals surface area contributed by atoms with Crippen molar-refractivity contribution in [3.05, 3.63) is 82.8 Å². The monoisotopic (exact) mass is 398 g/mol. The van der Waals surface area contributed by atoms with Gasteiger partial charge in [0.2, 0.25) is 0 Å². The van der Waals surface area contributed by atoms with Gasteiger partial charge in [-0.3, -0.25) is 4.79 Å². The van der Waals surface area contributed by atoms with Gasteiger partial charge in [-0.15, -0.1) is 0 Å². The summed E-state index contributed by atoms with van der Waals surface area (Å²) in [5, 5.41) is 0. The van der Waals surface area contributed by atoms with E-state index in [4.69, 9.17) is 9.47 Å². The number of hydrogen-bond donors (Lipinski definition) is 0. The molecule has 0 saturated heterocycles. The van der Waals surface area contributed by atoms with Crippen LogP contribution in [-0.4, -0.2) is 20.5 Å². The number of aldehydes is 1. The van der Waals surface area contributed by atoms with E-state index in [2.05, 4.69) is 15.9 Å². The van der Waals surface area contributed by atoms with Gasteiger partial charge >= 0.3 is 0 Å². The van der Waals surface area contributed by atoms with Gasteiger partial charge in [0.25, 0.3) is 0 Å². The number of carbonyl (C=O) groups is 1. The molecular formula is C21H19BrO3. The second kappa shape index (κ2) is 9.64. The second-order valence-electron chi connectivity index (χ2n) is 5.13. The first kappa shape index (κ1) is 18.7. The molecule has 0 aromatic heterocycles. The number of carbonyl (C=O) groups excluding carboxylic acids is 1. The third kappa shape index (κ3) is 5.76. The molecule has 0 atom stereocenters. The minimum Gasteiger partial charge on any atom is -0.497 e. The van der Waals surface area contributed by atoms with Crippen molar-refractivity contribution in [1.82, 2.24) is 0 Å². The van der Waals surface area contributed by atoms with E-state index in [9.17, 15) is 4.79 Å². The highest BCUT2D eigenvalue weighted by atomic mass is 79.9. The fourth-order valence-electron chi connectivity index (χ4n) is 2.11. The van der Waals surface area contributed by atoms with E-state index in [-0.39, 0.29) is 0 Å². The molecule has 0 spiro atoms. The molecule has 0 radical (unpaired) electrons. The molecule has 0 saturated carbocycles. The van der Waals surface area contributed by atoms with Gasteiger partial charge in [-0.05, 0) is 47.5 Å². The van der Waals surface area contributed by atoms with Crippen LogP contribution in [0.5, 0.6) is 11.5 Å². The van der Waals surface area contributed by atoms with Crippen molar-refractivity contribution in [3.8, 4) is 22.6 Å². The van der Waals surface area contributed by atoms with Crippen LogP contribution in [0.1, 0.15) is 10.4 Å². The Labute approximate surface area is 156 Å². The Hall–Kier alpha value is -2.59. The van der Waals surface area contributed by atoms with Gasteiger partial charge in [0.15, 0.2) is 0 Å². The molecule has 0 aliphatic rings. The molecule has 4 heteroatoms. The largest absolute Gasteiger partial charge is 0.497 e. The third-order valence-electron chi connectivity index (χ3n) is 3.52. The average Bonchev–Trinajstić information content (AvgIpc) is 2.69. The molecule has 0 amide bonds. The summed E-state index contributed by atoms with van der Waals surface area (Å²) in [5.74, 6) is 1.73. The van der Waals surface area contributed by atoms with Crippen LogP contribution in [0.3, 0.4) is 0 Å². The van der Waals surface area contributed by atoms with Crippen LogP contribution in [0.4, 0.5) is 0 Å². The predicted octanol–water partition coefficient (Wildman–Crippen LogP) is 5.63. The lowest BCUT2D eigenvalue weighted by molar-refractivity contribution is 0.112. The quantitative estimate of drug-likeness (QED) is 0.534. The summed E-state index contributed by atoms with van der Waals surface area (Å²) in [4.78, 5) is 10.5. The van der Waals surface area contributed by atoms with E-state index in [1.54, 1.807) is 14.2 Å². The summed E-state index contributed by atoms with van der Waals surface area (Å²) >= 11 is 3.32. The first-order valence-electron chi connectivity index (χ1n) is 7.65. The number of ether oxygens (including phenoxy) is 2. The van der Waals surface area contributed by atoms with E-state index in [1.807, 2.05) is 72.8 Å². The predicted molar refractivity (Wildman–Crippen MR) is 105 cm³/mol. The molecular weight excluding hydrogens is 380 g/mol. The number of benzene rings is 3. The standard InChI is InChI=1S/C14H12O2.C7H7BrO/c1-16-14-8-6-13(7-9-14)12-4-2-11(10-15)3-5-12;1-9-7-4-2-6(8)3-5-7/h2-10H,1H3;2-5H,1H3. The molecule has 3 aromatic rings. The normalized spacial score (nSPS) is 9.56. The minimum absolute atomic E-state index is 0.692. The molecule has 3 aromatic carbocycles. The smallest absolute Gasteiger partial charge is 0.150 e. The summed E-state index contributed by atoms with van der Waals surface area (Å²) in [5.41, 5.74) is 2.89. The summed E-state index contributed by atoms with van der Waals surface area (Å²) in [6.45, 7) is 0. The van der Waals surface area contributed by atoms with E-state index >= 15 is 0 Å². The van der Waals surface area contributed by atoms with Crippen LogP contribution in [0.25, 0.3) is 11.1 Å². The Bertz CT molecular complexity index is 779. The summed E-state index contributed by atoms with van der Waals surface area (Å²) < 4.78 is 11.1. The van der Waals surface area contributed by atoms with E-state index in [0.717, 1.165) is 33.4 Å². The maximum Gasteiger partial charge on any atom is 0.150 e. The Balaban J connectivity index is 0.000000212. The van der Waals surface area contributed by atoms with Gasteiger partial charge in [-0.1, -0.05) is 52.3 Å². The van der Waals surface area contributed by atoms with Crippen LogP contribution in [0.15, 0.2) is 77.3 Å². The molecule has 128 valence electrons. The average molecular weight is 399 g/mol. The number of rotatable bonds is 4. The minimum atomic E-state index is 0.692. The molecule has 0 bridgehead atoms. The molecule has 0 aliphatic heterocycles. The zero-order valence-corrected chi connectivity index (χ0v) is 15.7. The van der Waals surface area contributed by atoms with Crippen LogP contribution < -0.4 is 9.47 Å². The van der Waals surface area contributed by atoms with Gasteiger partial charge in [-0.25, -0.2) is 0 Å². The van der Waals surface area contributed by atoms with Crippen molar-refractivity contribution in [2.24, 2.45) is 0 Å². The van der Waals surface area contributed by atoms with Gasteiger partial charge in [0.1, 0.15) is 17.8 Å². The first-order valence-corrected chi connectivity index (χ1v) is 8.45. The number of hydrogen-bond acceptors (Lipinski definition) is 3. The van der Waals surface area contributed by atoms with Crippen molar-refractivity contribution >= 4 is 22.2 Å². The van der Waals surface area contributed by atoms with Crippen molar-refractivity contribution < 1.29 is 14.3 Å². The van der Waals surface area contributed by atoms with Crippen molar-refractivity contribution in [2.45, 2.75) is 0 Å². The summed E-state index contributed by atoms with van der Waals surface area (Å²) in [6, 6.07) is 23.0. The number of halogens is 1. The molecule has 0 N–H and O–H groups in total. The number of methoxy groups -OCH3 is 2. The lowest BCUT2D eigenvalue weighted by Crippen LogP contribution is -1.83. The maximum atomic E-state index is 10.5. The van der Waals surface area contributed by atoms with E-state index in [0.29, 0.717) is 5.56 Å². The Morgan fingerprint density at radius 2 is 1.08 bits per heavy atom. The zero-order chi connectivity index (χ0) is 18.1. The van der Waals surface area contributed by atoms with Crippen LogP contribution in [0, 0.1) is 0 Å². The molecule has 25 heavy (non-hydrogen) atoms. The lowest BCUT2D eigenvalue weighted by atomic mass is 10.0. The van der Waals surface area contributed by atoms with Crippen molar-refractivity contribution in [1.29, 1.82) is 0 Å². The van der Waals surface area contributed by atoms with E-state index in [1.165, 1.54) is 0 Å². The van der Waals surface area contributed by atoms with Crippen LogP contribution in [-0.2, 0) is 0 Å². The van der Waals surface area contributed by atoms with Gasteiger partial charge < -0.3 is 9.47 Å². The SMILES string of the molecule is COc1ccc(-c2ccc(C=O)cc2)cc1.COc1ccc(Br)cc1. The maximum absolute atomic E-state index is 10.5. The van der Waals surface area contributed by atoms with Crippen molar-refractivity contribution in [2.75, 3.05) is 14.2 Å². The van der Waals surface area contributed by atoms with Gasteiger partial charge in [0, 0.05) is 10.0 Å². The second-order valence-corrected chi connectivity index (χ2v) is 6.04.